The minimum Gasteiger partial charge on any atom is -0.396 e. The van der Waals surface area contributed by atoms with Crippen LogP contribution < -0.4 is 5.73 Å². The van der Waals surface area contributed by atoms with Crippen LogP contribution in [0.25, 0.3) is 0 Å². The molecule has 150 valence electrons. The van der Waals surface area contributed by atoms with E-state index in [4.69, 9.17) is 10.5 Å². The zero-order valence-electron chi connectivity index (χ0n) is 16.4. The molecule has 0 radical (unpaired) electrons. The number of ether oxygens (including phenoxy) is 1. The molecule has 1 spiro atoms. The smallest absolute Gasteiger partial charge is 0.127 e. The van der Waals surface area contributed by atoms with Crippen LogP contribution in [0.15, 0.2) is 18.3 Å². The van der Waals surface area contributed by atoms with Gasteiger partial charge in [0.05, 0.1) is 0 Å². The van der Waals surface area contributed by atoms with Crippen molar-refractivity contribution in [1.82, 2.24) is 14.8 Å². The van der Waals surface area contributed by atoms with Crippen LogP contribution in [0.4, 0.5) is 5.82 Å². The zero-order valence-corrected chi connectivity index (χ0v) is 16.4. The molecule has 3 aliphatic heterocycles. The molecular formula is C21H34N4O2. The lowest BCUT2D eigenvalue weighted by Gasteiger charge is -2.52. The highest BCUT2D eigenvalue weighted by atomic mass is 16.5. The van der Waals surface area contributed by atoms with E-state index in [1.54, 1.807) is 6.20 Å². The molecule has 0 aliphatic carbocycles. The van der Waals surface area contributed by atoms with E-state index < -0.39 is 0 Å². The predicted octanol–water partition coefficient (Wildman–Crippen LogP) is 1.74. The van der Waals surface area contributed by atoms with Crippen molar-refractivity contribution >= 4 is 5.82 Å². The summed E-state index contributed by atoms with van der Waals surface area (Å²) in [7, 11) is 0. The second kappa shape index (κ2) is 8.43. The third-order valence-corrected chi connectivity index (χ3v) is 7.31. The van der Waals surface area contributed by atoms with Crippen molar-refractivity contribution in [3.8, 4) is 0 Å². The quantitative estimate of drug-likeness (QED) is 0.836. The second-order valence-electron chi connectivity index (χ2n) is 8.65. The zero-order chi connectivity index (χ0) is 18.7. The van der Waals surface area contributed by atoms with Gasteiger partial charge in [-0.05, 0) is 63.2 Å². The van der Waals surface area contributed by atoms with Gasteiger partial charge < -0.3 is 20.5 Å². The summed E-state index contributed by atoms with van der Waals surface area (Å²) in [4.78, 5) is 9.34. The first-order chi connectivity index (χ1) is 13.2. The van der Waals surface area contributed by atoms with Gasteiger partial charge in [-0.15, -0.1) is 0 Å². The SMILES string of the molecule is Nc1ncccc1CN1CCC2(CCN(C3CCOCC3)CC2)C(CO)C1. The molecule has 1 unspecified atom stereocenters. The van der Waals surface area contributed by atoms with Crippen molar-refractivity contribution in [3.05, 3.63) is 23.9 Å². The number of hydrogen-bond acceptors (Lipinski definition) is 6. The van der Waals surface area contributed by atoms with E-state index in [-0.39, 0.29) is 6.61 Å². The van der Waals surface area contributed by atoms with E-state index in [1.165, 1.54) is 45.2 Å². The summed E-state index contributed by atoms with van der Waals surface area (Å²) < 4.78 is 5.53. The number of likely N-dealkylation sites (tertiary alicyclic amines) is 2. The monoisotopic (exact) mass is 374 g/mol. The third-order valence-electron chi connectivity index (χ3n) is 7.31. The van der Waals surface area contributed by atoms with Crippen molar-refractivity contribution in [2.24, 2.45) is 11.3 Å². The lowest BCUT2D eigenvalue weighted by atomic mass is 9.64. The molecule has 0 bridgehead atoms. The van der Waals surface area contributed by atoms with Crippen LogP contribution in [0, 0.1) is 11.3 Å². The summed E-state index contributed by atoms with van der Waals surface area (Å²) in [5, 5.41) is 10.2. The first-order valence-corrected chi connectivity index (χ1v) is 10.5. The number of anilines is 1. The van der Waals surface area contributed by atoms with Crippen LogP contribution in [0.3, 0.4) is 0 Å². The molecule has 3 saturated heterocycles. The van der Waals surface area contributed by atoms with Gasteiger partial charge in [-0.2, -0.15) is 0 Å². The van der Waals surface area contributed by atoms with E-state index in [2.05, 4.69) is 20.9 Å². The topological polar surface area (TPSA) is 74.9 Å². The molecule has 27 heavy (non-hydrogen) atoms. The maximum absolute atomic E-state index is 10.2. The molecule has 3 aliphatic rings. The number of aromatic nitrogens is 1. The Bertz CT molecular complexity index is 612. The normalized spacial score (nSPS) is 27.8. The number of aliphatic hydroxyl groups is 1. The first kappa shape index (κ1) is 19.1. The fourth-order valence-electron chi connectivity index (χ4n) is 5.44. The highest BCUT2D eigenvalue weighted by Crippen LogP contribution is 2.46. The number of nitrogens with two attached hydrogens (primary N) is 1. The molecule has 1 aromatic rings. The van der Waals surface area contributed by atoms with Gasteiger partial charge in [0.25, 0.3) is 0 Å². The summed E-state index contributed by atoms with van der Waals surface area (Å²) in [5.41, 5.74) is 7.44. The van der Waals surface area contributed by atoms with Gasteiger partial charge in [-0.1, -0.05) is 6.07 Å². The summed E-state index contributed by atoms with van der Waals surface area (Å²) in [6, 6.07) is 4.72. The maximum atomic E-state index is 10.2. The number of pyridine rings is 1. The summed E-state index contributed by atoms with van der Waals surface area (Å²) in [6.07, 6.45) is 7.72. The molecule has 0 aromatic carbocycles. The van der Waals surface area contributed by atoms with Crippen molar-refractivity contribution < 1.29 is 9.84 Å². The average Bonchev–Trinajstić information content (AvgIpc) is 2.72. The number of aliphatic hydroxyl groups excluding tert-OH is 1. The van der Waals surface area contributed by atoms with Crippen molar-refractivity contribution in [1.29, 1.82) is 0 Å². The molecule has 6 heteroatoms. The fourth-order valence-corrected chi connectivity index (χ4v) is 5.44. The Morgan fingerprint density at radius 3 is 2.63 bits per heavy atom. The molecule has 3 fully saturated rings. The van der Waals surface area contributed by atoms with Gasteiger partial charge in [0.1, 0.15) is 5.82 Å². The van der Waals surface area contributed by atoms with Crippen LogP contribution in [-0.2, 0) is 11.3 Å². The van der Waals surface area contributed by atoms with Gasteiger partial charge in [0, 0.05) is 56.6 Å². The average molecular weight is 375 g/mol. The Labute approximate surface area is 162 Å². The van der Waals surface area contributed by atoms with E-state index in [0.717, 1.165) is 38.4 Å². The van der Waals surface area contributed by atoms with Gasteiger partial charge in [0.15, 0.2) is 0 Å². The Morgan fingerprint density at radius 1 is 1.19 bits per heavy atom. The largest absolute Gasteiger partial charge is 0.396 e. The van der Waals surface area contributed by atoms with E-state index >= 15 is 0 Å². The Balaban J connectivity index is 1.35. The third kappa shape index (κ3) is 4.14. The summed E-state index contributed by atoms with van der Waals surface area (Å²) in [5.74, 6) is 0.990. The molecule has 6 nitrogen and oxygen atoms in total. The van der Waals surface area contributed by atoms with Gasteiger partial charge in [0.2, 0.25) is 0 Å². The minimum atomic E-state index is 0.288. The molecule has 3 N–H and O–H groups in total. The summed E-state index contributed by atoms with van der Waals surface area (Å²) in [6.45, 7) is 7.35. The van der Waals surface area contributed by atoms with Crippen molar-refractivity contribution in [2.75, 3.05) is 51.7 Å². The van der Waals surface area contributed by atoms with Crippen molar-refractivity contribution in [2.45, 2.75) is 44.7 Å². The fraction of sp³-hybridized carbons (Fsp3) is 0.762. The molecular weight excluding hydrogens is 340 g/mol. The highest BCUT2D eigenvalue weighted by molar-refractivity contribution is 5.38. The van der Waals surface area contributed by atoms with Gasteiger partial charge in [-0.3, -0.25) is 4.90 Å². The molecule has 1 aromatic heterocycles. The molecule has 0 amide bonds. The lowest BCUT2D eigenvalue weighted by molar-refractivity contribution is -0.0600. The Morgan fingerprint density at radius 2 is 1.93 bits per heavy atom. The molecule has 4 rings (SSSR count). The minimum absolute atomic E-state index is 0.288. The summed E-state index contributed by atoms with van der Waals surface area (Å²) >= 11 is 0. The van der Waals surface area contributed by atoms with Crippen molar-refractivity contribution in [3.63, 3.8) is 0 Å². The molecule has 4 heterocycles. The molecule has 0 saturated carbocycles. The predicted molar refractivity (Wildman–Crippen MR) is 106 cm³/mol. The van der Waals surface area contributed by atoms with Crippen LogP contribution in [0.5, 0.6) is 0 Å². The second-order valence-corrected chi connectivity index (χ2v) is 8.65. The maximum Gasteiger partial charge on any atom is 0.127 e. The first-order valence-electron chi connectivity index (χ1n) is 10.5. The van der Waals surface area contributed by atoms with Crippen LogP contribution >= 0.6 is 0 Å². The number of nitrogen functional groups attached to an aromatic ring is 1. The van der Waals surface area contributed by atoms with Crippen LogP contribution in [0.2, 0.25) is 0 Å². The van der Waals surface area contributed by atoms with Crippen LogP contribution in [-0.4, -0.2) is 71.9 Å². The van der Waals surface area contributed by atoms with Crippen LogP contribution in [0.1, 0.15) is 37.7 Å². The number of rotatable bonds is 4. The number of nitrogens with zero attached hydrogens (tertiary/aromatic N) is 3. The van der Waals surface area contributed by atoms with E-state index in [0.29, 0.717) is 23.2 Å². The van der Waals surface area contributed by atoms with E-state index in [1.807, 2.05) is 6.07 Å². The number of hydrogen-bond donors (Lipinski definition) is 2. The number of piperidine rings is 2. The van der Waals surface area contributed by atoms with Gasteiger partial charge >= 0.3 is 0 Å². The Kier molecular flexibility index (Phi) is 5.97. The molecule has 1 atom stereocenters. The lowest BCUT2D eigenvalue weighted by Crippen LogP contribution is -2.55. The highest BCUT2D eigenvalue weighted by Gasteiger charge is 2.45. The van der Waals surface area contributed by atoms with Gasteiger partial charge in [-0.25, -0.2) is 4.98 Å². The van der Waals surface area contributed by atoms with E-state index in [9.17, 15) is 5.11 Å². The standard InChI is InChI=1S/C21H34N4O2/c22-20-17(2-1-8-23-20)14-24-9-5-21(18(15-24)16-26)6-10-25(11-7-21)19-3-12-27-13-4-19/h1-2,8,18-19,26H,3-7,9-16H2,(H2,22,23). The Hall–Kier alpha value is -1.21.